The number of rotatable bonds is 5. The van der Waals surface area contributed by atoms with Gasteiger partial charge in [-0.1, -0.05) is 6.42 Å². The van der Waals surface area contributed by atoms with Gasteiger partial charge < -0.3 is 15.4 Å². The summed E-state index contributed by atoms with van der Waals surface area (Å²) in [5.41, 5.74) is -0.452. The van der Waals surface area contributed by atoms with Gasteiger partial charge in [0.25, 0.3) is 0 Å². The predicted molar refractivity (Wildman–Crippen MR) is 73.6 cm³/mol. The lowest BCUT2D eigenvalue weighted by Gasteiger charge is -2.20. The summed E-state index contributed by atoms with van der Waals surface area (Å²) in [5.74, 6) is 0.152. The molecule has 1 fully saturated rings. The lowest BCUT2D eigenvalue weighted by molar-refractivity contribution is 0.0527. The van der Waals surface area contributed by atoms with E-state index in [0.717, 1.165) is 32.2 Å². The second-order valence-electron chi connectivity index (χ2n) is 6.01. The molecule has 1 aliphatic rings. The Balaban J connectivity index is 2.05. The summed E-state index contributed by atoms with van der Waals surface area (Å²) in [7, 11) is 0. The number of nitrogens with one attached hydrogen (secondary N) is 2. The van der Waals surface area contributed by atoms with Gasteiger partial charge in [-0.25, -0.2) is 4.79 Å². The zero-order valence-electron chi connectivity index (χ0n) is 12.2. The van der Waals surface area contributed by atoms with Crippen LogP contribution in [0.3, 0.4) is 0 Å². The van der Waals surface area contributed by atoms with Crippen LogP contribution < -0.4 is 10.6 Å². The van der Waals surface area contributed by atoms with Crippen LogP contribution in [0.1, 0.15) is 46.5 Å². The van der Waals surface area contributed by atoms with Crippen molar-refractivity contribution in [1.82, 2.24) is 10.6 Å². The van der Waals surface area contributed by atoms with E-state index in [4.69, 9.17) is 10.00 Å². The van der Waals surface area contributed by atoms with Gasteiger partial charge in [-0.05, 0) is 46.6 Å². The number of amides is 1. The van der Waals surface area contributed by atoms with Crippen molar-refractivity contribution in [2.24, 2.45) is 5.92 Å². The maximum absolute atomic E-state index is 11.4. The van der Waals surface area contributed by atoms with Crippen molar-refractivity contribution in [2.75, 3.05) is 13.1 Å². The molecule has 2 unspecified atom stereocenters. The van der Waals surface area contributed by atoms with E-state index in [-0.39, 0.29) is 12.0 Å². The van der Waals surface area contributed by atoms with E-state index in [1.54, 1.807) is 0 Å². The molecule has 0 aromatic rings. The first-order valence-corrected chi connectivity index (χ1v) is 7.02. The highest BCUT2D eigenvalue weighted by atomic mass is 16.6. The molecule has 0 aromatic carbocycles. The van der Waals surface area contributed by atoms with Gasteiger partial charge in [0.1, 0.15) is 5.60 Å². The molecule has 108 valence electrons. The Labute approximate surface area is 115 Å². The third-order valence-corrected chi connectivity index (χ3v) is 3.11. The third-order valence-electron chi connectivity index (χ3n) is 3.11. The van der Waals surface area contributed by atoms with Crippen LogP contribution in [0, 0.1) is 17.2 Å². The minimum atomic E-state index is -0.452. The summed E-state index contributed by atoms with van der Waals surface area (Å²) in [6.45, 7) is 6.94. The topological polar surface area (TPSA) is 74.2 Å². The molecule has 2 atom stereocenters. The van der Waals surface area contributed by atoms with Crippen LogP contribution in [0.15, 0.2) is 0 Å². The van der Waals surface area contributed by atoms with Gasteiger partial charge in [-0.15, -0.1) is 0 Å². The Bertz CT molecular complexity index is 331. The number of alkyl carbamates (subject to hydrolysis) is 1. The second kappa shape index (κ2) is 7.34. The molecule has 0 spiro atoms. The average Bonchev–Trinajstić information content (AvgIpc) is 2.73. The number of carbonyl (C=O) groups excluding carboxylic acids is 1. The zero-order chi connectivity index (χ0) is 14.3. The number of hydrogen-bond acceptors (Lipinski definition) is 4. The van der Waals surface area contributed by atoms with Crippen LogP contribution >= 0.6 is 0 Å². The smallest absolute Gasteiger partial charge is 0.407 e. The Morgan fingerprint density at radius 1 is 1.37 bits per heavy atom. The van der Waals surface area contributed by atoms with E-state index < -0.39 is 5.60 Å². The average molecular weight is 267 g/mol. The normalized spacial score (nSPS) is 22.8. The van der Waals surface area contributed by atoms with Crippen molar-refractivity contribution in [2.45, 2.75) is 58.1 Å². The van der Waals surface area contributed by atoms with Crippen molar-refractivity contribution >= 4 is 6.09 Å². The van der Waals surface area contributed by atoms with Gasteiger partial charge in [-0.3, -0.25) is 0 Å². The third kappa shape index (κ3) is 6.44. The van der Waals surface area contributed by atoms with Crippen LogP contribution in [0.2, 0.25) is 0 Å². The van der Waals surface area contributed by atoms with Crippen LogP contribution in [0.5, 0.6) is 0 Å². The summed E-state index contributed by atoms with van der Waals surface area (Å²) in [4.78, 5) is 11.4. The quantitative estimate of drug-likeness (QED) is 0.749. The van der Waals surface area contributed by atoms with Gasteiger partial charge >= 0.3 is 6.09 Å². The monoisotopic (exact) mass is 267 g/mol. The molecule has 5 heteroatoms. The van der Waals surface area contributed by atoms with Crippen molar-refractivity contribution in [3.05, 3.63) is 0 Å². The largest absolute Gasteiger partial charge is 0.444 e. The minimum Gasteiger partial charge on any atom is -0.444 e. The maximum Gasteiger partial charge on any atom is 0.407 e. The van der Waals surface area contributed by atoms with E-state index in [1.165, 1.54) is 0 Å². The maximum atomic E-state index is 11.4. The van der Waals surface area contributed by atoms with Gasteiger partial charge in [-0.2, -0.15) is 5.26 Å². The highest BCUT2D eigenvalue weighted by molar-refractivity contribution is 5.67. The predicted octanol–water partition coefficient (Wildman–Crippen LogP) is 2.18. The second-order valence-corrected chi connectivity index (χ2v) is 6.01. The minimum absolute atomic E-state index is 0.152. The summed E-state index contributed by atoms with van der Waals surface area (Å²) in [6, 6.07) is 2.67. The Morgan fingerprint density at radius 3 is 2.74 bits per heavy atom. The van der Waals surface area contributed by atoms with Crippen LogP contribution in [0.25, 0.3) is 0 Å². The number of ether oxygens (including phenoxy) is 1. The standard InChI is InChI=1S/C14H25N3O2/c1-14(2,3)19-13(18)17-9-5-8-16-12-7-4-6-11(12)10-15/h11-12,16H,4-9H2,1-3H3,(H,17,18). The summed E-state index contributed by atoms with van der Waals surface area (Å²) < 4.78 is 5.14. The molecule has 1 saturated carbocycles. The van der Waals surface area contributed by atoms with Gasteiger partial charge in [0.05, 0.1) is 12.0 Å². The first-order chi connectivity index (χ1) is 8.92. The Morgan fingerprint density at radius 2 is 2.11 bits per heavy atom. The van der Waals surface area contributed by atoms with Crippen LogP contribution in [-0.2, 0) is 4.74 Å². The Kier molecular flexibility index (Phi) is 6.10. The number of carbonyl (C=O) groups is 1. The van der Waals surface area contributed by atoms with E-state index in [1.807, 2.05) is 20.8 Å². The first-order valence-electron chi connectivity index (χ1n) is 7.02. The lowest BCUT2D eigenvalue weighted by Crippen LogP contribution is -2.36. The molecular weight excluding hydrogens is 242 g/mol. The Hall–Kier alpha value is -1.28. The zero-order valence-corrected chi connectivity index (χ0v) is 12.2. The summed E-state index contributed by atoms with van der Waals surface area (Å²) in [5, 5.41) is 15.1. The molecule has 19 heavy (non-hydrogen) atoms. The van der Waals surface area contributed by atoms with Gasteiger partial charge in [0, 0.05) is 12.6 Å². The first kappa shape index (κ1) is 15.8. The van der Waals surface area contributed by atoms with Crippen LogP contribution in [-0.4, -0.2) is 30.8 Å². The molecule has 5 nitrogen and oxygen atoms in total. The molecule has 0 bridgehead atoms. The molecule has 0 aliphatic heterocycles. The van der Waals surface area contributed by atoms with E-state index in [0.29, 0.717) is 12.6 Å². The molecule has 0 aromatic heterocycles. The van der Waals surface area contributed by atoms with Crippen LogP contribution in [0.4, 0.5) is 4.79 Å². The van der Waals surface area contributed by atoms with Crippen molar-refractivity contribution < 1.29 is 9.53 Å². The molecule has 2 N–H and O–H groups in total. The SMILES string of the molecule is CC(C)(C)OC(=O)NCCCNC1CCCC1C#N. The molecule has 1 rings (SSSR count). The molecule has 1 aliphatic carbocycles. The highest BCUT2D eigenvalue weighted by Gasteiger charge is 2.26. The fraction of sp³-hybridized carbons (Fsp3) is 0.857. The molecule has 0 saturated heterocycles. The van der Waals surface area contributed by atoms with Crippen molar-refractivity contribution in [3.8, 4) is 6.07 Å². The van der Waals surface area contributed by atoms with E-state index in [9.17, 15) is 4.79 Å². The molecule has 1 amide bonds. The lowest BCUT2D eigenvalue weighted by atomic mass is 10.1. The highest BCUT2D eigenvalue weighted by Crippen LogP contribution is 2.24. The number of nitrogens with zero attached hydrogens (tertiary/aromatic N) is 1. The van der Waals surface area contributed by atoms with E-state index in [2.05, 4.69) is 16.7 Å². The van der Waals surface area contributed by atoms with Gasteiger partial charge in [0.2, 0.25) is 0 Å². The summed E-state index contributed by atoms with van der Waals surface area (Å²) >= 11 is 0. The molecular formula is C14H25N3O2. The molecule has 0 heterocycles. The fourth-order valence-corrected chi connectivity index (χ4v) is 2.24. The number of nitriles is 1. The van der Waals surface area contributed by atoms with E-state index >= 15 is 0 Å². The number of hydrogen-bond donors (Lipinski definition) is 2. The fourth-order valence-electron chi connectivity index (χ4n) is 2.24. The molecule has 0 radical (unpaired) electrons. The summed E-state index contributed by atoms with van der Waals surface area (Å²) in [6.07, 6.45) is 3.69. The van der Waals surface area contributed by atoms with Crippen molar-refractivity contribution in [3.63, 3.8) is 0 Å². The van der Waals surface area contributed by atoms with Crippen molar-refractivity contribution in [1.29, 1.82) is 5.26 Å². The van der Waals surface area contributed by atoms with Gasteiger partial charge in [0.15, 0.2) is 0 Å².